The van der Waals surface area contributed by atoms with Crippen LogP contribution in [0.3, 0.4) is 0 Å². The number of amides is 1. The minimum Gasteiger partial charge on any atom is -0.352 e. The van der Waals surface area contributed by atoms with Crippen molar-refractivity contribution in [2.24, 2.45) is 11.1 Å². The van der Waals surface area contributed by atoms with Gasteiger partial charge in [-0.25, -0.2) is 0 Å². The van der Waals surface area contributed by atoms with Gasteiger partial charge in [0.05, 0.1) is 6.04 Å². The van der Waals surface area contributed by atoms with E-state index in [-0.39, 0.29) is 17.4 Å². The lowest BCUT2D eigenvalue weighted by atomic mass is 9.88. The summed E-state index contributed by atoms with van der Waals surface area (Å²) in [5.74, 6) is -0.0821. The molecule has 0 saturated carbocycles. The van der Waals surface area contributed by atoms with Gasteiger partial charge in [0.2, 0.25) is 5.91 Å². The molecule has 3 nitrogen and oxygen atoms in total. The molecule has 1 amide bonds. The van der Waals surface area contributed by atoms with Gasteiger partial charge in [-0.2, -0.15) is 0 Å². The number of carbonyl (C=O) groups excluding carboxylic acids is 1. The van der Waals surface area contributed by atoms with Crippen molar-refractivity contribution in [3.8, 4) is 0 Å². The highest BCUT2D eigenvalue weighted by molar-refractivity contribution is 5.82. The summed E-state index contributed by atoms with van der Waals surface area (Å²) in [7, 11) is 0. The average Bonchev–Trinajstić information content (AvgIpc) is 2.28. The van der Waals surface area contributed by atoms with Crippen molar-refractivity contribution in [3.63, 3.8) is 0 Å². The number of hydrogen-bond acceptors (Lipinski definition) is 2. The molecule has 100 valence electrons. The fourth-order valence-electron chi connectivity index (χ4n) is 1.50. The van der Waals surface area contributed by atoms with Gasteiger partial charge in [0.25, 0.3) is 0 Å². The van der Waals surface area contributed by atoms with Crippen molar-refractivity contribution >= 4 is 5.91 Å². The standard InChI is InChI=1S/C15H24N2O/c1-11(15(2,3)4)17-14(18)13(16)10-12-8-6-5-7-9-12/h5-9,11,13H,10,16H2,1-4H3,(H,17,18)/t11?,13-/m0/s1. The van der Waals surface area contributed by atoms with E-state index in [1.807, 2.05) is 37.3 Å². The molecule has 0 heterocycles. The molecule has 0 fully saturated rings. The molecule has 1 rings (SSSR count). The van der Waals surface area contributed by atoms with Crippen molar-refractivity contribution in [3.05, 3.63) is 35.9 Å². The minimum atomic E-state index is -0.489. The van der Waals surface area contributed by atoms with Crippen LogP contribution in [0, 0.1) is 5.41 Å². The Morgan fingerprint density at radius 3 is 2.33 bits per heavy atom. The first-order valence-corrected chi connectivity index (χ1v) is 6.40. The molecular weight excluding hydrogens is 224 g/mol. The van der Waals surface area contributed by atoms with Gasteiger partial charge in [0, 0.05) is 6.04 Å². The van der Waals surface area contributed by atoms with Crippen LogP contribution in [0.4, 0.5) is 0 Å². The smallest absolute Gasteiger partial charge is 0.237 e. The molecule has 0 bridgehead atoms. The van der Waals surface area contributed by atoms with E-state index in [0.717, 1.165) is 5.56 Å². The zero-order valence-corrected chi connectivity index (χ0v) is 11.7. The highest BCUT2D eigenvalue weighted by Crippen LogP contribution is 2.18. The van der Waals surface area contributed by atoms with E-state index in [4.69, 9.17) is 5.73 Å². The lowest BCUT2D eigenvalue weighted by molar-refractivity contribution is -0.123. The van der Waals surface area contributed by atoms with Crippen molar-refractivity contribution in [1.82, 2.24) is 5.32 Å². The molecule has 1 aromatic carbocycles. The summed E-state index contributed by atoms with van der Waals surface area (Å²) in [6, 6.07) is 9.46. The molecule has 3 heteroatoms. The highest BCUT2D eigenvalue weighted by Gasteiger charge is 2.24. The third kappa shape index (κ3) is 4.49. The van der Waals surface area contributed by atoms with Gasteiger partial charge in [-0.15, -0.1) is 0 Å². The maximum atomic E-state index is 12.0. The van der Waals surface area contributed by atoms with Crippen LogP contribution < -0.4 is 11.1 Å². The Morgan fingerprint density at radius 2 is 1.83 bits per heavy atom. The largest absolute Gasteiger partial charge is 0.352 e. The molecule has 1 aromatic rings. The SMILES string of the molecule is CC(NC(=O)[C@@H](N)Cc1ccccc1)C(C)(C)C. The van der Waals surface area contributed by atoms with Crippen LogP contribution in [0.15, 0.2) is 30.3 Å². The molecule has 2 atom stereocenters. The Bertz CT molecular complexity index is 381. The van der Waals surface area contributed by atoms with Crippen LogP contribution in [-0.2, 0) is 11.2 Å². The van der Waals surface area contributed by atoms with E-state index in [9.17, 15) is 4.79 Å². The molecule has 18 heavy (non-hydrogen) atoms. The fraction of sp³-hybridized carbons (Fsp3) is 0.533. The normalized spacial score (nSPS) is 14.9. The predicted octanol–water partition coefficient (Wildman–Crippen LogP) is 2.11. The summed E-state index contributed by atoms with van der Waals surface area (Å²) < 4.78 is 0. The van der Waals surface area contributed by atoms with E-state index in [1.165, 1.54) is 0 Å². The number of nitrogens with one attached hydrogen (secondary N) is 1. The van der Waals surface area contributed by atoms with Gasteiger partial charge in [-0.3, -0.25) is 4.79 Å². The predicted molar refractivity (Wildman–Crippen MR) is 75.2 cm³/mol. The third-order valence-corrected chi connectivity index (χ3v) is 3.29. The molecule has 0 saturated heterocycles. The monoisotopic (exact) mass is 248 g/mol. The van der Waals surface area contributed by atoms with Gasteiger partial charge in [-0.1, -0.05) is 51.1 Å². The Morgan fingerprint density at radius 1 is 1.28 bits per heavy atom. The number of carbonyl (C=O) groups is 1. The summed E-state index contributed by atoms with van der Waals surface area (Å²) >= 11 is 0. The summed E-state index contributed by atoms with van der Waals surface area (Å²) in [4.78, 5) is 12.0. The van der Waals surface area contributed by atoms with Crippen molar-refractivity contribution in [2.45, 2.75) is 46.2 Å². The van der Waals surface area contributed by atoms with E-state index in [1.54, 1.807) is 0 Å². The lowest BCUT2D eigenvalue weighted by Gasteiger charge is -2.29. The summed E-state index contributed by atoms with van der Waals surface area (Å²) in [5.41, 5.74) is 7.06. The van der Waals surface area contributed by atoms with Crippen LogP contribution in [-0.4, -0.2) is 18.0 Å². The average molecular weight is 248 g/mol. The Hall–Kier alpha value is -1.35. The molecule has 3 N–H and O–H groups in total. The van der Waals surface area contributed by atoms with Crippen LogP contribution in [0.1, 0.15) is 33.3 Å². The van der Waals surface area contributed by atoms with E-state index in [2.05, 4.69) is 26.1 Å². The number of benzene rings is 1. The topological polar surface area (TPSA) is 55.1 Å². The second-order valence-corrected chi connectivity index (χ2v) is 5.89. The van der Waals surface area contributed by atoms with E-state index in [0.29, 0.717) is 6.42 Å². The summed E-state index contributed by atoms with van der Waals surface area (Å²) in [5, 5.41) is 2.98. The first-order valence-electron chi connectivity index (χ1n) is 6.40. The molecule has 1 unspecified atom stereocenters. The maximum Gasteiger partial charge on any atom is 0.237 e. The molecule has 0 radical (unpaired) electrons. The first kappa shape index (κ1) is 14.7. The minimum absolute atomic E-state index is 0.0438. The van der Waals surface area contributed by atoms with Crippen LogP contribution in [0.5, 0.6) is 0 Å². The van der Waals surface area contributed by atoms with Crippen LogP contribution in [0.25, 0.3) is 0 Å². The van der Waals surface area contributed by atoms with Gasteiger partial charge in [0.1, 0.15) is 0 Å². The number of rotatable bonds is 4. The van der Waals surface area contributed by atoms with Crippen molar-refractivity contribution in [1.29, 1.82) is 0 Å². The van der Waals surface area contributed by atoms with Crippen LogP contribution in [0.2, 0.25) is 0 Å². The molecule has 0 spiro atoms. The van der Waals surface area contributed by atoms with Crippen molar-refractivity contribution in [2.75, 3.05) is 0 Å². The molecule has 0 aliphatic heterocycles. The quantitative estimate of drug-likeness (QED) is 0.857. The molecular formula is C15H24N2O. The molecule has 0 aromatic heterocycles. The second-order valence-electron chi connectivity index (χ2n) is 5.89. The second kappa shape index (κ2) is 6.01. The van der Waals surface area contributed by atoms with Gasteiger partial charge < -0.3 is 11.1 Å². The van der Waals surface area contributed by atoms with E-state index < -0.39 is 6.04 Å². The van der Waals surface area contributed by atoms with E-state index >= 15 is 0 Å². The Labute approximate surface area is 110 Å². The first-order chi connectivity index (χ1) is 8.30. The number of hydrogen-bond donors (Lipinski definition) is 2. The maximum absolute atomic E-state index is 12.0. The Kier molecular flexibility index (Phi) is 4.91. The van der Waals surface area contributed by atoms with Gasteiger partial charge in [-0.05, 0) is 24.3 Å². The van der Waals surface area contributed by atoms with Crippen LogP contribution >= 0.6 is 0 Å². The summed E-state index contributed by atoms with van der Waals surface area (Å²) in [6.45, 7) is 8.30. The van der Waals surface area contributed by atoms with Crippen molar-refractivity contribution < 1.29 is 4.79 Å². The zero-order valence-electron chi connectivity index (χ0n) is 11.7. The zero-order chi connectivity index (χ0) is 13.8. The summed E-state index contributed by atoms with van der Waals surface area (Å²) in [6.07, 6.45) is 0.573. The lowest BCUT2D eigenvalue weighted by Crippen LogP contribution is -2.49. The fourth-order valence-corrected chi connectivity index (χ4v) is 1.50. The molecule has 0 aliphatic carbocycles. The van der Waals surface area contributed by atoms with Gasteiger partial charge >= 0.3 is 0 Å². The Balaban J connectivity index is 2.52. The molecule has 0 aliphatic rings. The highest BCUT2D eigenvalue weighted by atomic mass is 16.2. The number of nitrogens with two attached hydrogens (primary N) is 1. The third-order valence-electron chi connectivity index (χ3n) is 3.29. The van der Waals surface area contributed by atoms with Gasteiger partial charge in [0.15, 0.2) is 0 Å².